The van der Waals surface area contributed by atoms with Gasteiger partial charge in [0.25, 0.3) is 0 Å². The van der Waals surface area contributed by atoms with E-state index >= 15 is 0 Å². The number of benzene rings is 3. The van der Waals surface area contributed by atoms with Crippen LogP contribution in [0.2, 0.25) is 0 Å². The van der Waals surface area contributed by atoms with Crippen LogP contribution >= 0.6 is 0 Å². The molecule has 0 heterocycles. The monoisotopic (exact) mass is 460 g/mol. The Morgan fingerprint density at radius 3 is 1.35 bits per heavy atom. The lowest BCUT2D eigenvalue weighted by Crippen LogP contribution is -2.23. The molecule has 0 saturated carbocycles. The van der Waals surface area contributed by atoms with Crippen LogP contribution in [-0.4, -0.2) is 24.0 Å². The molecule has 3 aromatic carbocycles. The van der Waals surface area contributed by atoms with E-state index in [4.69, 9.17) is 20.9 Å². The second-order valence-electron chi connectivity index (χ2n) is 8.19. The van der Waals surface area contributed by atoms with Crippen molar-refractivity contribution in [2.75, 3.05) is 10.6 Å². The topological polar surface area (TPSA) is 119 Å². The minimum Gasteiger partial charge on any atom is -0.457 e. The Bertz CT molecular complexity index is 1040. The van der Waals surface area contributed by atoms with E-state index < -0.39 is 0 Å². The molecule has 6 N–H and O–H groups in total. The highest BCUT2D eigenvalue weighted by Crippen LogP contribution is 2.29. The summed E-state index contributed by atoms with van der Waals surface area (Å²) in [6, 6.07) is 22.7. The number of nitrogens with two attached hydrogens (primary N) is 2. The average Bonchev–Trinajstić information content (AvgIpc) is 2.76. The van der Waals surface area contributed by atoms with Crippen molar-refractivity contribution in [1.82, 2.24) is 0 Å². The highest BCUT2D eigenvalue weighted by molar-refractivity contribution is 5.92. The zero-order valence-electron chi connectivity index (χ0n) is 19.9. The van der Waals surface area contributed by atoms with Gasteiger partial charge in [-0.3, -0.25) is 9.98 Å². The van der Waals surface area contributed by atoms with Crippen LogP contribution in [0.4, 0.5) is 11.4 Å². The molecule has 178 valence electrons. The van der Waals surface area contributed by atoms with Crippen LogP contribution in [0.25, 0.3) is 0 Å². The highest BCUT2D eigenvalue weighted by Gasteiger charge is 2.04. The summed E-state index contributed by atoms with van der Waals surface area (Å²) in [6.45, 7) is 7.87. The Morgan fingerprint density at radius 2 is 1.00 bits per heavy atom. The summed E-state index contributed by atoms with van der Waals surface area (Å²) < 4.78 is 11.9. The number of hydrogen-bond acceptors (Lipinski definition) is 4. The molecule has 0 fully saturated rings. The molecular weight excluding hydrogens is 428 g/mol. The molecular formula is C26H32N6O2. The Morgan fingerprint density at radius 1 is 0.618 bits per heavy atom. The Balaban J connectivity index is 1.60. The fraction of sp³-hybridized carbons (Fsp3) is 0.231. The number of guanidine groups is 2. The average molecular weight is 461 g/mol. The molecule has 8 nitrogen and oxygen atoms in total. The number of nitrogens with zero attached hydrogens (tertiary/aromatic N) is 2. The SMILES string of the molecule is CC(C)N=C(N)Nc1ccc(Oc2cccc(Oc3ccc(NC(N)=NC(C)C)cc3)c2)cc1. The molecule has 0 aliphatic heterocycles. The standard InChI is InChI=1S/C26H32N6O2/c1-17(2)29-25(27)31-19-8-12-21(13-9-19)33-23-6-5-7-24(16-23)34-22-14-10-20(11-15-22)32-26(28)30-18(3)4/h5-18H,1-4H3,(H3,27,29,31)(H3,28,30,32). The predicted octanol–water partition coefficient (Wildman–Crippen LogP) is 5.54. The van der Waals surface area contributed by atoms with Crippen LogP contribution in [0.5, 0.6) is 23.0 Å². The van der Waals surface area contributed by atoms with Gasteiger partial charge in [0, 0.05) is 29.5 Å². The molecule has 8 heteroatoms. The zero-order chi connectivity index (χ0) is 24.5. The molecule has 0 saturated heterocycles. The third-order valence-electron chi connectivity index (χ3n) is 4.32. The molecule has 0 aliphatic rings. The minimum atomic E-state index is 0.127. The molecule has 0 aliphatic carbocycles. The van der Waals surface area contributed by atoms with Crippen LogP contribution in [0.1, 0.15) is 27.7 Å². The van der Waals surface area contributed by atoms with E-state index in [-0.39, 0.29) is 12.1 Å². The number of aliphatic imine (C=N–C) groups is 2. The van der Waals surface area contributed by atoms with E-state index in [1.165, 1.54) is 0 Å². The van der Waals surface area contributed by atoms with Gasteiger partial charge >= 0.3 is 0 Å². The van der Waals surface area contributed by atoms with E-state index in [1.54, 1.807) is 0 Å². The molecule has 3 rings (SSSR count). The fourth-order valence-electron chi connectivity index (χ4n) is 3.00. The Labute approximate surface area is 200 Å². The van der Waals surface area contributed by atoms with Gasteiger partial charge in [-0.05, 0) is 88.4 Å². The molecule has 0 bridgehead atoms. The smallest absolute Gasteiger partial charge is 0.193 e. The first-order chi connectivity index (χ1) is 16.3. The number of rotatable bonds is 8. The lowest BCUT2D eigenvalue weighted by molar-refractivity contribution is 0.460. The van der Waals surface area contributed by atoms with Crippen LogP contribution in [0, 0.1) is 0 Å². The number of nitrogens with one attached hydrogen (secondary N) is 2. The lowest BCUT2D eigenvalue weighted by atomic mass is 10.3. The van der Waals surface area contributed by atoms with Crippen molar-refractivity contribution in [3.05, 3.63) is 72.8 Å². The maximum Gasteiger partial charge on any atom is 0.193 e. The van der Waals surface area contributed by atoms with Gasteiger partial charge in [0.05, 0.1) is 0 Å². The van der Waals surface area contributed by atoms with Gasteiger partial charge < -0.3 is 31.6 Å². The van der Waals surface area contributed by atoms with Crippen molar-refractivity contribution in [2.24, 2.45) is 21.5 Å². The second kappa shape index (κ2) is 11.6. The van der Waals surface area contributed by atoms with Gasteiger partial charge in [-0.1, -0.05) is 6.07 Å². The Hall–Kier alpha value is -4.20. The van der Waals surface area contributed by atoms with Gasteiger partial charge in [0.15, 0.2) is 11.9 Å². The third-order valence-corrected chi connectivity index (χ3v) is 4.32. The summed E-state index contributed by atoms with van der Waals surface area (Å²) in [7, 11) is 0. The molecule has 34 heavy (non-hydrogen) atoms. The van der Waals surface area contributed by atoms with E-state index in [2.05, 4.69) is 20.6 Å². The zero-order valence-corrected chi connectivity index (χ0v) is 19.9. The third kappa shape index (κ3) is 8.05. The number of anilines is 2. The van der Waals surface area contributed by atoms with E-state index in [0.29, 0.717) is 34.9 Å². The fourth-order valence-corrected chi connectivity index (χ4v) is 3.00. The van der Waals surface area contributed by atoms with Crippen molar-refractivity contribution >= 4 is 23.3 Å². The van der Waals surface area contributed by atoms with Gasteiger partial charge in [-0.2, -0.15) is 0 Å². The second-order valence-corrected chi connectivity index (χ2v) is 8.19. The van der Waals surface area contributed by atoms with Gasteiger partial charge in [-0.25, -0.2) is 0 Å². The van der Waals surface area contributed by atoms with E-state index in [0.717, 1.165) is 11.4 Å². The molecule has 0 aromatic heterocycles. The van der Waals surface area contributed by atoms with Crippen molar-refractivity contribution in [3.63, 3.8) is 0 Å². The maximum absolute atomic E-state index is 5.97. The highest BCUT2D eigenvalue weighted by atomic mass is 16.5. The number of ether oxygens (including phenoxy) is 2. The largest absolute Gasteiger partial charge is 0.457 e. The molecule has 0 spiro atoms. The molecule has 0 radical (unpaired) electrons. The van der Waals surface area contributed by atoms with Crippen LogP contribution in [0.3, 0.4) is 0 Å². The first kappa shape index (κ1) is 24.4. The lowest BCUT2D eigenvalue weighted by Gasteiger charge is -2.11. The number of hydrogen-bond donors (Lipinski definition) is 4. The van der Waals surface area contributed by atoms with E-state index in [1.807, 2.05) is 100 Å². The normalized spacial score (nSPS) is 12.1. The minimum absolute atomic E-state index is 0.127. The van der Waals surface area contributed by atoms with Crippen LogP contribution < -0.4 is 31.6 Å². The van der Waals surface area contributed by atoms with Gasteiger partial charge in [0.2, 0.25) is 0 Å². The summed E-state index contributed by atoms with van der Waals surface area (Å²) in [5.41, 5.74) is 13.4. The van der Waals surface area contributed by atoms with Crippen molar-refractivity contribution in [3.8, 4) is 23.0 Å². The molecule has 3 aromatic rings. The van der Waals surface area contributed by atoms with Crippen molar-refractivity contribution < 1.29 is 9.47 Å². The summed E-state index contributed by atoms with van der Waals surface area (Å²) in [4.78, 5) is 8.52. The van der Waals surface area contributed by atoms with Crippen molar-refractivity contribution in [1.29, 1.82) is 0 Å². The quantitative estimate of drug-likeness (QED) is 0.259. The summed E-state index contributed by atoms with van der Waals surface area (Å²) in [5, 5.41) is 6.11. The van der Waals surface area contributed by atoms with Crippen LogP contribution in [0.15, 0.2) is 82.8 Å². The van der Waals surface area contributed by atoms with Crippen LogP contribution in [-0.2, 0) is 0 Å². The van der Waals surface area contributed by atoms with Gasteiger partial charge in [-0.15, -0.1) is 0 Å². The van der Waals surface area contributed by atoms with Crippen molar-refractivity contribution in [2.45, 2.75) is 39.8 Å². The molecule has 0 unspecified atom stereocenters. The summed E-state index contributed by atoms with van der Waals surface area (Å²) in [5.74, 6) is 3.47. The van der Waals surface area contributed by atoms with E-state index in [9.17, 15) is 0 Å². The molecule has 0 atom stereocenters. The summed E-state index contributed by atoms with van der Waals surface area (Å²) >= 11 is 0. The predicted molar refractivity (Wildman–Crippen MR) is 140 cm³/mol. The first-order valence-electron chi connectivity index (χ1n) is 11.1. The maximum atomic E-state index is 5.97. The van der Waals surface area contributed by atoms with Gasteiger partial charge in [0.1, 0.15) is 23.0 Å². The Kier molecular flexibility index (Phi) is 8.34. The molecule has 0 amide bonds. The first-order valence-corrected chi connectivity index (χ1v) is 11.1. The summed E-state index contributed by atoms with van der Waals surface area (Å²) in [6.07, 6.45) is 0.